The van der Waals surface area contributed by atoms with E-state index >= 15 is 0 Å². The van der Waals surface area contributed by atoms with Gasteiger partial charge in [-0.2, -0.15) is 0 Å². The van der Waals surface area contributed by atoms with Gasteiger partial charge in [0.15, 0.2) is 9.84 Å². The number of likely N-dealkylation sites (tertiary alicyclic amines) is 1. The summed E-state index contributed by atoms with van der Waals surface area (Å²) in [6.07, 6.45) is 3.86. The highest BCUT2D eigenvalue weighted by Gasteiger charge is 2.26. The van der Waals surface area contributed by atoms with Crippen molar-refractivity contribution >= 4 is 21.4 Å². The molecule has 5 nitrogen and oxygen atoms in total. The van der Waals surface area contributed by atoms with Crippen LogP contribution in [0.15, 0.2) is 23.1 Å². The topological polar surface area (TPSA) is 80.5 Å². The number of amides is 1. The van der Waals surface area contributed by atoms with Gasteiger partial charge in [-0.05, 0) is 31.0 Å². The summed E-state index contributed by atoms with van der Waals surface area (Å²) in [7, 11) is -3.93. The molecule has 1 amide bonds. The number of nitrogens with zero attached hydrogens (tertiary/aromatic N) is 1. The molecule has 1 saturated heterocycles. The van der Waals surface area contributed by atoms with E-state index in [2.05, 4.69) is 0 Å². The van der Waals surface area contributed by atoms with Gasteiger partial charge in [0.2, 0.25) is 5.91 Å². The van der Waals surface area contributed by atoms with Gasteiger partial charge in [0.05, 0.1) is 10.6 Å². The Bertz CT molecular complexity index is 623. The Hall–Kier alpha value is -1.63. The normalized spacial score (nSPS) is 16.5. The molecule has 2 rings (SSSR count). The van der Waals surface area contributed by atoms with Gasteiger partial charge >= 0.3 is 0 Å². The van der Waals surface area contributed by atoms with Gasteiger partial charge in [0.25, 0.3) is 0 Å². The van der Waals surface area contributed by atoms with Crippen LogP contribution in [0.4, 0.5) is 10.1 Å². The minimum atomic E-state index is -3.93. The number of benzene rings is 1. The molecule has 0 unspecified atom stereocenters. The number of anilines is 1. The van der Waals surface area contributed by atoms with Crippen molar-refractivity contribution in [2.24, 2.45) is 0 Å². The zero-order valence-corrected chi connectivity index (χ0v) is 12.5. The lowest BCUT2D eigenvalue weighted by molar-refractivity contribution is -0.128. The van der Waals surface area contributed by atoms with Crippen LogP contribution >= 0.6 is 0 Å². The van der Waals surface area contributed by atoms with Crippen LogP contribution in [-0.2, 0) is 14.6 Å². The molecule has 1 aromatic rings. The molecule has 0 aliphatic carbocycles. The fourth-order valence-electron chi connectivity index (χ4n) is 2.43. The fraction of sp³-hybridized carbons (Fsp3) is 0.500. The van der Waals surface area contributed by atoms with E-state index in [1.165, 1.54) is 6.07 Å². The maximum Gasteiger partial charge on any atom is 0.238 e. The van der Waals surface area contributed by atoms with E-state index in [9.17, 15) is 17.6 Å². The summed E-state index contributed by atoms with van der Waals surface area (Å²) < 4.78 is 37.7. The maximum absolute atomic E-state index is 13.2. The molecule has 1 fully saturated rings. The zero-order chi connectivity index (χ0) is 15.5. The van der Waals surface area contributed by atoms with Crippen molar-refractivity contribution < 1.29 is 17.6 Å². The monoisotopic (exact) mass is 314 g/mol. The summed E-state index contributed by atoms with van der Waals surface area (Å²) in [5.41, 5.74) is 5.54. The maximum atomic E-state index is 13.2. The predicted octanol–water partition coefficient (Wildman–Crippen LogP) is 1.58. The average Bonchev–Trinajstić information content (AvgIpc) is 2.70. The Morgan fingerprint density at radius 1 is 1.19 bits per heavy atom. The summed E-state index contributed by atoms with van der Waals surface area (Å²) in [5.74, 6) is -1.80. The van der Waals surface area contributed by atoms with Crippen molar-refractivity contribution in [3.05, 3.63) is 24.0 Å². The van der Waals surface area contributed by atoms with Gasteiger partial charge in [-0.25, -0.2) is 12.8 Å². The number of sulfone groups is 1. The highest BCUT2D eigenvalue weighted by Crippen LogP contribution is 2.21. The van der Waals surface area contributed by atoms with E-state index in [4.69, 9.17) is 5.73 Å². The number of nitrogens with two attached hydrogens (primary N) is 1. The third kappa shape index (κ3) is 3.93. The highest BCUT2D eigenvalue weighted by molar-refractivity contribution is 7.92. The molecule has 0 saturated carbocycles. The molecule has 1 aliphatic heterocycles. The first kappa shape index (κ1) is 15.8. The third-order valence-electron chi connectivity index (χ3n) is 3.58. The molecule has 7 heteroatoms. The summed E-state index contributed by atoms with van der Waals surface area (Å²) >= 11 is 0. The quantitative estimate of drug-likeness (QED) is 0.859. The second-order valence-electron chi connectivity index (χ2n) is 5.24. The molecule has 0 aromatic heterocycles. The van der Waals surface area contributed by atoms with E-state index in [-0.39, 0.29) is 10.6 Å². The molecule has 0 spiro atoms. The zero-order valence-electron chi connectivity index (χ0n) is 11.7. The lowest BCUT2D eigenvalue weighted by atomic mass is 10.2. The van der Waals surface area contributed by atoms with Crippen molar-refractivity contribution in [2.45, 2.75) is 30.6 Å². The SMILES string of the molecule is Nc1ccc(F)cc1S(=O)(=O)CC(=O)N1CCCCCC1. The standard InChI is InChI=1S/C14H19FN2O3S/c15-11-5-6-12(16)13(9-11)21(19,20)10-14(18)17-7-3-1-2-4-8-17/h5-6,9H,1-4,7-8,10,16H2. The number of hydrogen-bond acceptors (Lipinski definition) is 4. The summed E-state index contributed by atoms with van der Waals surface area (Å²) in [4.78, 5) is 13.4. The number of nitrogen functional groups attached to an aromatic ring is 1. The fourth-order valence-corrected chi connectivity index (χ4v) is 3.81. The minimum absolute atomic E-state index is 0.0416. The van der Waals surface area contributed by atoms with Gasteiger partial charge in [0, 0.05) is 13.1 Å². The van der Waals surface area contributed by atoms with Crippen LogP contribution in [0.3, 0.4) is 0 Å². The summed E-state index contributed by atoms with van der Waals surface area (Å²) in [5, 5.41) is 0. The largest absolute Gasteiger partial charge is 0.398 e. The molecular weight excluding hydrogens is 295 g/mol. The van der Waals surface area contributed by atoms with Crippen LogP contribution in [0.2, 0.25) is 0 Å². The van der Waals surface area contributed by atoms with E-state index in [1.807, 2.05) is 0 Å². The van der Waals surface area contributed by atoms with Gasteiger partial charge < -0.3 is 10.6 Å². The van der Waals surface area contributed by atoms with Crippen LogP contribution in [0.25, 0.3) is 0 Å². The first-order valence-corrected chi connectivity index (χ1v) is 8.61. The lowest BCUT2D eigenvalue weighted by Gasteiger charge is -2.20. The first-order chi connectivity index (χ1) is 9.90. The van der Waals surface area contributed by atoms with E-state index < -0.39 is 27.3 Å². The van der Waals surface area contributed by atoms with Crippen LogP contribution in [-0.4, -0.2) is 38.1 Å². The van der Waals surface area contributed by atoms with Crippen LogP contribution < -0.4 is 5.73 Å². The van der Waals surface area contributed by atoms with Crippen LogP contribution in [0.5, 0.6) is 0 Å². The van der Waals surface area contributed by atoms with Crippen molar-refractivity contribution in [1.29, 1.82) is 0 Å². The Kier molecular flexibility index (Phi) is 4.82. The molecule has 1 heterocycles. The van der Waals surface area contributed by atoms with Gasteiger partial charge in [-0.1, -0.05) is 12.8 Å². The predicted molar refractivity (Wildman–Crippen MR) is 77.9 cm³/mol. The number of hydrogen-bond donors (Lipinski definition) is 1. The molecule has 21 heavy (non-hydrogen) atoms. The van der Waals surface area contributed by atoms with Crippen LogP contribution in [0.1, 0.15) is 25.7 Å². The number of carbonyl (C=O) groups excluding carboxylic acids is 1. The smallest absolute Gasteiger partial charge is 0.238 e. The molecule has 0 atom stereocenters. The Morgan fingerprint density at radius 2 is 1.81 bits per heavy atom. The Labute approximate surface area is 123 Å². The van der Waals surface area contributed by atoms with Crippen molar-refractivity contribution in [3.63, 3.8) is 0 Å². The number of halogens is 1. The van der Waals surface area contributed by atoms with Gasteiger partial charge in [-0.3, -0.25) is 4.79 Å². The summed E-state index contributed by atoms with van der Waals surface area (Å²) in [6, 6.07) is 3.14. The van der Waals surface area contributed by atoms with Gasteiger partial charge in [0.1, 0.15) is 11.6 Å². The molecule has 0 bridgehead atoms. The van der Waals surface area contributed by atoms with Crippen LogP contribution in [0, 0.1) is 5.82 Å². The molecule has 0 radical (unpaired) electrons. The minimum Gasteiger partial charge on any atom is -0.398 e. The van der Waals surface area contributed by atoms with E-state index in [0.29, 0.717) is 13.1 Å². The summed E-state index contributed by atoms with van der Waals surface area (Å²) in [6.45, 7) is 1.15. The molecule has 2 N–H and O–H groups in total. The number of rotatable bonds is 3. The van der Waals surface area contributed by atoms with Crippen molar-refractivity contribution in [1.82, 2.24) is 4.90 Å². The second-order valence-corrected chi connectivity index (χ2v) is 7.19. The first-order valence-electron chi connectivity index (χ1n) is 6.96. The van der Waals surface area contributed by atoms with Crippen molar-refractivity contribution in [2.75, 3.05) is 24.6 Å². The highest BCUT2D eigenvalue weighted by atomic mass is 32.2. The molecular formula is C14H19FN2O3S. The number of carbonyl (C=O) groups is 1. The van der Waals surface area contributed by atoms with E-state index in [0.717, 1.165) is 37.8 Å². The van der Waals surface area contributed by atoms with Crippen molar-refractivity contribution in [3.8, 4) is 0 Å². The second kappa shape index (κ2) is 6.43. The van der Waals surface area contributed by atoms with E-state index in [1.54, 1.807) is 4.90 Å². The molecule has 116 valence electrons. The third-order valence-corrected chi connectivity index (χ3v) is 5.23. The van der Waals surface area contributed by atoms with Gasteiger partial charge in [-0.15, -0.1) is 0 Å². The Morgan fingerprint density at radius 3 is 2.43 bits per heavy atom. The molecule has 1 aromatic carbocycles. The average molecular weight is 314 g/mol. The molecule has 1 aliphatic rings. The Balaban J connectivity index is 2.16. The lowest BCUT2D eigenvalue weighted by Crippen LogP contribution is -2.36.